The van der Waals surface area contributed by atoms with E-state index in [9.17, 15) is 4.79 Å². The maximum atomic E-state index is 12.2. The summed E-state index contributed by atoms with van der Waals surface area (Å²) in [6, 6.07) is 11.1. The molecule has 144 valence electrons. The second kappa shape index (κ2) is 8.02. The van der Waals surface area contributed by atoms with Gasteiger partial charge in [0, 0.05) is 5.69 Å². The number of methoxy groups -OCH3 is 1. The highest BCUT2D eigenvalue weighted by Gasteiger charge is 2.20. The van der Waals surface area contributed by atoms with Gasteiger partial charge in [0.15, 0.2) is 5.82 Å². The SMILES string of the molecule is COc1ccccc1NC(=O)CSc1ccc(-n2nc3c(c2C)CCC3)nn1. The number of amides is 1. The van der Waals surface area contributed by atoms with Crippen LogP contribution in [0, 0.1) is 6.92 Å². The Morgan fingerprint density at radius 3 is 2.82 bits per heavy atom. The number of fused-ring (bicyclic) bond motifs is 1. The molecule has 0 aliphatic heterocycles. The first-order valence-electron chi connectivity index (χ1n) is 9.13. The van der Waals surface area contributed by atoms with Crippen LogP contribution in [0.4, 0.5) is 5.69 Å². The molecule has 0 radical (unpaired) electrons. The zero-order valence-electron chi connectivity index (χ0n) is 15.8. The summed E-state index contributed by atoms with van der Waals surface area (Å²) < 4.78 is 7.10. The lowest BCUT2D eigenvalue weighted by Crippen LogP contribution is -2.14. The number of carbonyl (C=O) groups excluding carboxylic acids is 1. The van der Waals surface area contributed by atoms with Crippen molar-refractivity contribution in [3.63, 3.8) is 0 Å². The number of benzene rings is 1. The fourth-order valence-corrected chi connectivity index (χ4v) is 3.97. The number of para-hydroxylation sites is 2. The Hall–Kier alpha value is -2.87. The molecular weight excluding hydrogens is 374 g/mol. The van der Waals surface area contributed by atoms with Crippen LogP contribution >= 0.6 is 11.8 Å². The van der Waals surface area contributed by atoms with Gasteiger partial charge in [0.2, 0.25) is 5.91 Å². The molecule has 1 amide bonds. The largest absolute Gasteiger partial charge is 0.495 e. The average molecular weight is 395 g/mol. The number of hydrogen-bond donors (Lipinski definition) is 1. The van der Waals surface area contributed by atoms with E-state index >= 15 is 0 Å². The summed E-state index contributed by atoms with van der Waals surface area (Å²) in [7, 11) is 1.58. The highest BCUT2D eigenvalue weighted by atomic mass is 32.2. The van der Waals surface area contributed by atoms with E-state index in [0.29, 0.717) is 22.3 Å². The Balaban J connectivity index is 1.38. The first-order chi connectivity index (χ1) is 13.7. The second-order valence-electron chi connectivity index (χ2n) is 6.54. The zero-order chi connectivity index (χ0) is 19.5. The number of aromatic nitrogens is 4. The third-order valence-corrected chi connectivity index (χ3v) is 5.66. The van der Waals surface area contributed by atoms with Gasteiger partial charge in [0.25, 0.3) is 0 Å². The molecule has 3 aromatic rings. The van der Waals surface area contributed by atoms with Gasteiger partial charge in [0.1, 0.15) is 10.8 Å². The maximum Gasteiger partial charge on any atom is 0.234 e. The number of anilines is 1. The Labute approximate surface area is 167 Å². The molecule has 0 bridgehead atoms. The molecule has 0 saturated heterocycles. The Kier molecular flexibility index (Phi) is 5.29. The number of ether oxygens (including phenoxy) is 1. The average Bonchev–Trinajstić information content (AvgIpc) is 3.30. The van der Waals surface area contributed by atoms with Crippen molar-refractivity contribution in [2.24, 2.45) is 0 Å². The lowest BCUT2D eigenvalue weighted by Gasteiger charge is -2.09. The summed E-state index contributed by atoms with van der Waals surface area (Å²) in [5.74, 6) is 1.45. The van der Waals surface area contributed by atoms with Crippen molar-refractivity contribution >= 4 is 23.4 Å². The molecule has 4 rings (SSSR count). The van der Waals surface area contributed by atoms with Gasteiger partial charge in [-0.1, -0.05) is 23.9 Å². The van der Waals surface area contributed by atoms with Crippen LogP contribution in [0.15, 0.2) is 41.4 Å². The summed E-state index contributed by atoms with van der Waals surface area (Å²) in [5.41, 5.74) is 4.30. The maximum absolute atomic E-state index is 12.2. The molecule has 28 heavy (non-hydrogen) atoms. The number of aryl methyl sites for hydroxylation is 1. The van der Waals surface area contributed by atoms with Crippen LogP contribution in [0.25, 0.3) is 5.82 Å². The molecule has 1 aromatic carbocycles. The van der Waals surface area contributed by atoms with Gasteiger partial charge in [-0.25, -0.2) is 4.68 Å². The number of hydrogen-bond acceptors (Lipinski definition) is 6. The number of nitrogens with one attached hydrogen (secondary N) is 1. The van der Waals surface area contributed by atoms with Crippen LogP contribution in [0.2, 0.25) is 0 Å². The fraction of sp³-hybridized carbons (Fsp3) is 0.300. The number of rotatable bonds is 6. The van der Waals surface area contributed by atoms with E-state index in [2.05, 4.69) is 27.5 Å². The summed E-state index contributed by atoms with van der Waals surface area (Å²) in [4.78, 5) is 12.2. The van der Waals surface area contributed by atoms with Gasteiger partial charge in [0.05, 0.1) is 24.2 Å². The van der Waals surface area contributed by atoms with Gasteiger partial charge in [-0.2, -0.15) is 5.10 Å². The molecule has 7 nitrogen and oxygen atoms in total. The van der Waals surface area contributed by atoms with E-state index in [0.717, 1.165) is 18.5 Å². The number of carbonyl (C=O) groups is 1. The third-order valence-electron chi connectivity index (χ3n) is 4.74. The lowest BCUT2D eigenvalue weighted by atomic mass is 10.2. The topological polar surface area (TPSA) is 81.9 Å². The van der Waals surface area contributed by atoms with Crippen molar-refractivity contribution < 1.29 is 9.53 Å². The minimum absolute atomic E-state index is 0.125. The lowest BCUT2D eigenvalue weighted by molar-refractivity contribution is -0.113. The van der Waals surface area contributed by atoms with Gasteiger partial charge in [-0.15, -0.1) is 10.2 Å². The van der Waals surface area contributed by atoms with Gasteiger partial charge in [-0.05, 0) is 56.0 Å². The minimum atomic E-state index is -0.125. The summed E-state index contributed by atoms with van der Waals surface area (Å²) in [6.45, 7) is 2.07. The predicted molar refractivity (Wildman–Crippen MR) is 108 cm³/mol. The Morgan fingerprint density at radius 1 is 1.21 bits per heavy atom. The molecule has 1 aliphatic carbocycles. The van der Waals surface area contributed by atoms with Crippen LogP contribution in [0.5, 0.6) is 5.75 Å². The van der Waals surface area contributed by atoms with E-state index in [1.165, 1.54) is 29.4 Å². The van der Waals surface area contributed by atoms with E-state index in [4.69, 9.17) is 4.74 Å². The van der Waals surface area contributed by atoms with Crippen LogP contribution in [-0.2, 0) is 17.6 Å². The number of nitrogens with zero attached hydrogens (tertiary/aromatic N) is 4. The van der Waals surface area contributed by atoms with Gasteiger partial charge < -0.3 is 10.1 Å². The summed E-state index contributed by atoms with van der Waals surface area (Å²) in [5, 5.41) is 16.7. The zero-order valence-corrected chi connectivity index (χ0v) is 16.6. The highest BCUT2D eigenvalue weighted by molar-refractivity contribution is 7.99. The van der Waals surface area contributed by atoms with E-state index < -0.39 is 0 Å². The van der Waals surface area contributed by atoms with E-state index in [-0.39, 0.29) is 11.7 Å². The quantitative estimate of drug-likeness (QED) is 0.646. The summed E-state index contributed by atoms with van der Waals surface area (Å²) >= 11 is 1.34. The molecular formula is C20H21N5O2S. The Morgan fingerprint density at radius 2 is 2.07 bits per heavy atom. The molecule has 1 aliphatic rings. The van der Waals surface area contributed by atoms with Crippen molar-refractivity contribution in [1.29, 1.82) is 0 Å². The molecule has 2 aromatic heterocycles. The van der Waals surface area contributed by atoms with Crippen molar-refractivity contribution in [1.82, 2.24) is 20.0 Å². The van der Waals surface area contributed by atoms with E-state index in [1.54, 1.807) is 19.2 Å². The van der Waals surface area contributed by atoms with Crippen LogP contribution in [0.3, 0.4) is 0 Å². The van der Waals surface area contributed by atoms with Crippen molar-refractivity contribution in [3.05, 3.63) is 53.3 Å². The number of thioether (sulfide) groups is 1. The summed E-state index contributed by atoms with van der Waals surface area (Å²) in [6.07, 6.45) is 3.30. The first-order valence-corrected chi connectivity index (χ1v) is 10.1. The van der Waals surface area contributed by atoms with Crippen LogP contribution < -0.4 is 10.1 Å². The standard InChI is InChI=1S/C20H21N5O2S/c1-13-14-6-5-8-15(14)24-25(13)18-10-11-20(23-22-18)28-12-19(26)21-16-7-3-4-9-17(16)27-2/h3-4,7,9-11H,5-6,8,12H2,1-2H3,(H,21,26). The molecule has 0 spiro atoms. The molecule has 8 heteroatoms. The van der Waals surface area contributed by atoms with Crippen molar-refractivity contribution in [2.45, 2.75) is 31.2 Å². The monoisotopic (exact) mass is 395 g/mol. The van der Waals surface area contributed by atoms with E-state index in [1.807, 2.05) is 28.9 Å². The highest BCUT2D eigenvalue weighted by Crippen LogP contribution is 2.26. The first kappa shape index (κ1) is 18.5. The van der Waals surface area contributed by atoms with Crippen molar-refractivity contribution in [3.8, 4) is 11.6 Å². The smallest absolute Gasteiger partial charge is 0.234 e. The molecule has 0 atom stereocenters. The second-order valence-corrected chi connectivity index (χ2v) is 7.54. The molecule has 0 fully saturated rings. The fourth-order valence-electron chi connectivity index (χ4n) is 3.35. The predicted octanol–water partition coefficient (Wildman–Crippen LogP) is 3.20. The molecule has 1 N–H and O–H groups in total. The molecule has 0 saturated carbocycles. The normalized spacial score (nSPS) is 12.6. The van der Waals surface area contributed by atoms with Crippen molar-refractivity contribution in [2.75, 3.05) is 18.2 Å². The third kappa shape index (κ3) is 3.73. The Bertz CT molecular complexity index is 1000. The van der Waals surface area contributed by atoms with Gasteiger partial charge >= 0.3 is 0 Å². The van der Waals surface area contributed by atoms with Gasteiger partial charge in [-0.3, -0.25) is 4.79 Å². The van der Waals surface area contributed by atoms with Crippen LogP contribution in [-0.4, -0.2) is 38.7 Å². The molecule has 2 heterocycles. The van der Waals surface area contributed by atoms with Crippen LogP contribution in [0.1, 0.15) is 23.4 Å². The minimum Gasteiger partial charge on any atom is -0.495 e. The molecule has 0 unspecified atom stereocenters.